The number of carbonyl (C=O) groups excluding carboxylic acids is 1. The zero-order valence-corrected chi connectivity index (χ0v) is 13.4. The molecule has 23 heavy (non-hydrogen) atoms. The number of methoxy groups -OCH3 is 1. The van der Waals surface area contributed by atoms with Crippen molar-refractivity contribution in [1.29, 1.82) is 0 Å². The van der Waals surface area contributed by atoms with E-state index in [0.29, 0.717) is 44.8 Å². The molecule has 7 heteroatoms. The third-order valence-corrected chi connectivity index (χ3v) is 4.11. The highest BCUT2D eigenvalue weighted by atomic mass is 16.6. The highest BCUT2D eigenvalue weighted by molar-refractivity contribution is 5.79. The van der Waals surface area contributed by atoms with Gasteiger partial charge in [0, 0.05) is 45.3 Å². The zero-order valence-electron chi connectivity index (χ0n) is 13.4. The van der Waals surface area contributed by atoms with Crippen LogP contribution in [0.3, 0.4) is 0 Å². The zero-order chi connectivity index (χ0) is 16.7. The number of carbonyl (C=O) groups is 1. The second-order valence-electron chi connectivity index (χ2n) is 5.64. The van der Waals surface area contributed by atoms with Gasteiger partial charge in [-0.1, -0.05) is 12.1 Å². The van der Waals surface area contributed by atoms with Gasteiger partial charge in [-0.15, -0.1) is 0 Å². The maximum Gasteiger partial charge on any atom is 0.292 e. The van der Waals surface area contributed by atoms with Gasteiger partial charge in [-0.2, -0.15) is 0 Å². The smallest absolute Gasteiger partial charge is 0.292 e. The Morgan fingerprint density at radius 1 is 1.39 bits per heavy atom. The third kappa shape index (κ3) is 4.66. The number of anilines is 1. The molecule has 1 aromatic carbocycles. The second-order valence-corrected chi connectivity index (χ2v) is 5.64. The fourth-order valence-corrected chi connectivity index (χ4v) is 2.84. The van der Waals surface area contributed by atoms with E-state index in [9.17, 15) is 14.9 Å². The van der Waals surface area contributed by atoms with E-state index in [2.05, 4.69) is 5.32 Å². The van der Waals surface area contributed by atoms with Gasteiger partial charge in [0.1, 0.15) is 5.69 Å². The molecule has 0 radical (unpaired) electrons. The number of nitrogens with zero attached hydrogens (tertiary/aromatic N) is 2. The predicted molar refractivity (Wildman–Crippen MR) is 87.5 cm³/mol. The first-order chi connectivity index (χ1) is 11.1. The van der Waals surface area contributed by atoms with E-state index in [1.807, 2.05) is 4.90 Å². The average Bonchev–Trinajstić information content (AvgIpc) is 2.58. The van der Waals surface area contributed by atoms with Crippen LogP contribution in [0.15, 0.2) is 24.3 Å². The van der Waals surface area contributed by atoms with Gasteiger partial charge < -0.3 is 15.0 Å². The summed E-state index contributed by atoms with van der Waals surface area (Å²) in [5.41, 5.74) is 0.756. The number of nitrogens with one attached hydrogen (secondary N) is 1. The SMILES string of the molecule is COCCCNC(=O)C1CCN(c2ccccc2[N+](=O)[O-])CC1. The van der Waals surface area contributed by atoms with Crippen LogP contribution in [0.1, 0.15) is 19.3 Å². The molecule has 1 saturated heterocycles. The van der Waals surface area contributed by atoms with Crippen molar-refractivity contribution < 1.29 is 14.5 Å². The molecular weight excluding hydrogens is 298 g/mol. The molecule has 1 aromatic rings. The predicted octanol–water partition coefficient (Wildman–Crippen LogP) is 1.96. The maximum absolute atomic E-state index is 12.1. The molecule has 1 amide bonds. The minimum absolute atomic E-state index is 0.0171. The standard InChI is InChI=1S/C16H23N3O4/c1-23-12-4-9-17-16(20)13-7-10-18(11-8-13)14-5-2-3-6-15(14)19(21)22/h2-3,5-6,13H,4,7-12H2,1H3,(H,17,20). The van der Waals surface area contributed by atoms with Crippen molar-refractivity contribution in [3.05, 3.63) is 34.4 Å². The van der Waals surface area contributed by atoms with Crippen LogP contribution in [-0.2, 0) is 9.53 Å². The molecule has 1 fully saturated rings. The molecule has 2 rings (SSSR count). The summed E-state index contributed by atoms with van der Waals surface area (Å²) in [7, 11) is 1.64. The first kappa shape index (κ1) is 17.2. The molecule has 7 nitrogen and oxygen atoms in total. The first-order valence-electron chi connectivity index (χ1n) is 7.88. The molecule has 0 spiro atoms. The van der Waals surface area contributed by atoms with Crippen LogP contribution in [0.2, 0.25) is 0 Å². The topological polar surface area (TPSA) is 84.7 Å². The van der Waals surface area contributed by atoms with Gasteiger partial charge in [0.2, 0.25) is 5.91 Å². The van der Waals surface area contributed by atoms with E-state index in [1.54, 1.807) is 25.3 Å². The molecule has 1 N–H and O–H groups in total. The molecule has 0 saturated carbocycles. The van der Waals surface area contributed by atoms with Gasteiger partial charge in [-0.05, 0) is 25.3 Å². The van der Waals surface area contributed by atoms with Crippen LogP contribution < -0.4 is 10.2 Å². The summed E-state index contributed by atoms with van der Waals surface area (Å²) >= 11 is 0. The van der Waals surface area contributed by atoms with Crippen molar-refractivity contribution in [1.82, 2.24) is 5.32 Å². The Morgan fingerprint density at radius 2 is 2.09 bits per heavy atom. The molecule has 0 bridgehead atoms. The number of hydrogen-bond acceptors (Lipinski definition) is 5. The lowest BCUT2D eigenvalue weighted by Gasteiger charge is -2.32. The molecule has 1 aliphatic rings. The summed E-state index contributed by atoms with van der Waals surface area (Å²) in [5, 5.41) is 14.0. The molecule has 0 atom stereocenters. The van der Waals surface area contributed by atoms with Gasteiger partial charge in [0.15, 0.2) is 0 Å². The van der Waals surface area contributed by atoms with E-state index >= 15 is 0 Å². The largest absolute Gasteiger partial charge is 0.385 e. The van der Waals surface area contributed by atoms with Gasteiger partial charge in [-0.3, -0.25) is 14.9 Å². The van der Waals surface area contributed by atoms with Gasteiger partial charge in [-0.25, -0.2) is 0 Å². The fraction of sp³-hybridized carbons (Fsp3) is 0.562. The van der Waals surface area contributed by atoms with Crippen molar-refractivity contribution in [2.24, 2.45) is 5.92 Å². The summed E-state index contributed by atoms with van der Waals surface area (Å²) in [6.07, 6.45) is 2.22. The third-order valence-electron chi connectivity index (χ3n) is 4.11. The minimum atomic E-state index is -0.357. The van der Waals surface area contributed by atoms with Crippen molar-refractivity contribution in [2.75, 3.05) is 38.3 Å². The summed E-state index contributed by atoms with van der Waals surface area (Å²) in [5.74, 6) is 0.0554. The lowest BCUT2D eigenvalue weighted by atomic mass is 9.95. The summed E-state index contributed by atoms with van der Waals surface area (Å²) in [6.45, 7) is 2.56. The highest BCUT2D eigenvalue weighted by Crippen LogP contribution is 2.31. The highest BCUT2D eigenvalue weighted by Gasteiger charge is 2.27. The van der Waals surface area contributed by atoms with E-state index in [-0.39, 0.29) is 22.4 Å². The van der Waals surface area contributed by atoms with Crippen LogP contribution in [0.5, 0.6) is 0 Å². The van der Waals surface area contributed by atoms with E-state index in [1.165, 1.54) is 6.07 Å². The van der Waals surface area contributed by atoms with Crippen LogP contribution >= 0.6 is 0 Å². The number of nitro benzene ring substituents is 1. The Morgan fingerprint density at radius 3 is 2.74 bits per heavy atom. The van der Waals surface area contributed by atoms with E-state index in [4.69, 9.17) is 4.74 Å². The number of nitro groups is 1. The molecular formula is C16H23N3O4. The van der Waals surface area contributed by atoms with Crippen LogP contribution in [0.4, 0.5) is 11.4 Å². The number of amides is 1. The van der Waals surface area contributed by atoms with E-state index in [0.717, 1.165) is 6.42 Å². The Bertz CT molecular complexity index is 542. The van der Waals surface area contributed by atoms with Gasteiger partial charge >= 0.3 is 0 Å². The van der Waals surface area contributed by atoms with Crippen molar-refractivity contribution in [3.8, 4) is 0 Å². The monoisotopic (exact) mass is 321 g/mol. The number of ether oxygens (including phenoxy) is 1. The molecule has 0 unspecified atom stereocenters. The lowest BCUT2D eigenvalue weighted by Crippen LogP contribution is -2.41. The van der Waals surface area contributed by atoms with Crippen LogP contribution in [-0.4, -0.2) is 44.2 Å². The summed E-state index contributed by atoms with van der Waals surface area (Å²) < 4.78 is 4.95. The maximum atomic E-state index is 12.1. The summed E-state index contributed by atoms with van der Waals surface area (Å²) in [6, 6.07) is 6.76. The van der Waals surface area contributed by atoms with Crippen molar-refractivity contribution in [2.45, 2.75) is 19.3 Å². The first-order valence-corrected chi connectivity index (χ1v) is 7.88. The number of rotatable bonds is 7. The van der Waals surface area contributed by atoms with Gasteiger partial charge in [0.05, 0.1) is 4.92 Å². The molecule has 1 heterocycles. The van der Waals surface area contributed by atoms with E-state index < -0.39 is 0 Å². The Hall–Kier alpha value is -2.15. The Balaban J connectivity index is 1.87. The van der Waals surface area contributed by atoms with Crippen LogP contribution in [0.25, 0.3) is 0 Å². The number of para-hydroxylation sites is 2. The molecule has 1 aliphatic heterocycles. The number of benzene rings is 1. The lowest BCUT2D eigenvalue weighted by molar-refractivity contribution is -0.384. The van der Waals surface area contributed by atoms with Gasteiger partial charge in [0.25, 0.3) is 5.69 Å². The van der Waals surface area contributed by atoms with Crippen LogP contribution in [0, 0.1) is 16.0 Å². The molecule has 126 valence electrons. The second kappa shape index (κ2) is 8.47. The molecule has 0 aliphatic carbocycles. The normalized spacial score (nSPS) is 15.4. The molecule has 0 aromatic heterocycles. The quantitative estimate of drug-likeness (QED) is 0.471. The number of piperidine rings is 1. The average molecular weight is 321 g/mol. The Kier molecular flexibility index (Phi) is 6.34. The Labute approximate surface area is 135 Å². The summed E-state index contributed by atoms with van der Waals surface area (Å²) in [4.78, 5) is 24.8. The fourth-order valence-electron chi connectivity index (χ4n) is 2.84. The minimum Gasteiger partial charge on any atom is -0.385 e. The van der Waals surface area contributed by atoms with Crippen molar-refractivity contribution in [3.63, 3.8) is 0 Å². The number of hydrogen-bond donors (Lipinski definition) is 1. The van der Waals surface area contributed by atoms with Crippen molar-refractivity contribution >= 4 is 17.3 Å².